The Kier molecular flexibility index (Phi) is 6.15. The van der Waals surface area contributed by atoms with Gasteiger partial charge in [0.25, 0.3) is 0 Å². The number of nitrogens with zero attached hydrogens (tertiary/aromatic N) is 3. The van der Waals surface area contributed by atoms with Gasteiger partial charge in [0.2, 0.25) is 11.8 Å². The summed E-state index contributed by atoms with van der Waals surface area (Å²) in [6.07, 6.45) is 7.69. The fourth-order valence-electron chi connectivity index (χ4n) is 4.08. The van der Waals surface area contributed by atoms with Gasteiger partial charge in [0, 0.05) is 45.2 Å². The highest BCUT2D eigenvalue weighted by Gasteiger charge is 2.30. The number of nitrogens with one attached hydrogen (secondary N) is 1. The summed E-state index contributed by atoms with van der Waals surface area (Å²) >= 11 is 0. The molecule has 0 aromatic carbocycles. The molecule has 0 bridgehead atoms. The van der Waals surface area contributed by atoms with Crippen LogP contribution < -0.4 is 5.32 Å². The first-order chi connectivity index (χ1) is 12.1. The normalized spacial score (nSPS) is 22.2. The Morgan fingerprint density at radius 2 is 1.32 bits per heavy atom. The summed E-state index contributed by atoms with van der Waals surface area (Å²) < 4.78 is 0. The predicted octanol–water partition coefficient (Wildman–Crippen LogP) is 1.04. The summed E-state index contributed by atoms with van der Waals surface area (Å²) in [6, 6.07) is -0.197. The summed E-state index contributed by atoms with van der Waals surface area (Å²) in [4.78, 5) is 42.2. The molecule has 0 atom stereocenters. The third-order valence-corrected chi connectivity index (χ3v) is 5.68. The molecule has 0 radical (unpaired) electrons. The lowest BCUT2D eigenvalue weighted by Gasteiger charge is -2.37. The summed E-state index contributed by atoms with van der Waals surface area (Å²) in [6.45, 7) is 3.96. The Morgan fingerprint density at radius 1 is 0.720 bits per heavy atom. The Hall–Kier alpha value is -1.79. The molecule has 3 aliphatic rings. The van der Waals surface area contributed by atoms with Gasteiger partial charge in [0.05, 0.1) is 6.54 Å². The highest BCUT2D eigenvalue weighted by molar-refractivity contribution is 5.84. The van der Waals surface area contributed by atoms with Gasteiger partial charge in [-0.25, -0.2) is 4.79 Å². The molecule has 2 saturated heterocycles. The SMILES string of the molecule is O=C(CNC(=O)N1CCN(C(=O)C2CCCCC2)CC1)N1CCCC1. The summed E-state index contributed by atoms with van der Waals surface area (Å²) in [5.74, 6) is 0.452. The molecule has 3 rings (SSSR count). The number of likely N-dealkylation sites (tertiary alicyclic amines) is 1. The molecule has 0 unspecified atom stereocenters. The van der Waals surface area contributed by atoms with Crippen LogP contribution in [0, 0.1) is 5.92 Å². The Morgan fingerprint density at radius 3 is 1.96 bits per heavy atom. The van der Waals surface area contributed by atoms with E-state index in [-0.39, 0.29) is 30.3 Å². The third-order valence-electron chi connectivity index (χ3n) is 5.68. The maximum absolute atomic E-state index is 12.5. The monoisotopic (exact) mass is 350 g/mol. The number of rotatable bonds is 3. The molecule has 0 aromatic heterocycles. The molecule has 3 fully saturated rings. The number of carbonyl (C=O) groups is 3. The van der Waals surface area contributed by atoms with Crippen LogP contribution in [0.2, 0.25) is 0 Å². The van der Waals surface area contributed by atoms with Gasteiger partial charge >= 0.3 is 6.03 Å². The van der Waals surface area contributed by atoms with E-state index >= 15 is 0 Å². The first kappa shape index (κ1) is 18.0. The molecule has 2 aliphatic heterocycles. The van der Waals surface area contributed by atoms with Crippen molar-refractivity contribution in [2.24, 2.45) is 5.92 Å². The van der Waals surface area contributed by atoms with Crippen molar-refractivity contribution < 1.29 is 14.4 Å². The minimum absolute atomic E-state index is 0.00281. The van der Waals surface area contributed by atoms with Gasteiger partial charge in [0.15, 0.2) is 0 Å². The van der Waals surface area contributed by atoms with E-state index in [0.717, 1.165) is 51.6 Å². The predicted molar refractivity (Wildman–Crippen MR) is 93.9 cm³/mol. The highest BCUT2D eigenvalue weighted by atomic mass is 16.2. The van der Waals surface area contributed by atoms with Gasteiger partial charge < -0.3 is 20.0 Å². The average Bonchev–Trinajstić information content (AvgIpc) is 3.21. The standard InChI is InChI=1S/C18H30N4O3/c23-16(20-8-4-5-9-20)14-19-18(25)22-12-10-21(11-13-22)17(24)15-6-2-1-3-7-15/h15H,1-14H2,(H,19,25). The zero-order chi connectivity index (χ0) is 17.6. The van der Waals surface area contributed by atoms with E-state index in [2.05, 4.69) is 5.32 Å². The second-order valence-electron chi connectivity index (χ2n) is 7.39. The van der Waals surface area contributed by atoms with Crippen LogP contribution in [0.1, 0.15) is 44.9 Å². The quantitative estimate of drug-likeness (QED) is 0.827. The van der Waals surface area contributed by atoms with Crippen molar-refractivity contribution in [1.82, 2.24) is 20.0 Å². The van der Waals surface area contributed by atoms with Gasteiger partial charge in [0.1, 0.15) is 0 Å². The van der Waals surface area contributed by atoms with Crippen molar-refractivity contribution in [2.45, 2.75) is 44.9 Å². The van der Waals surface area contributed by atoms with Crippen LogP contribution in [0.3, 0.4) is 0 Å². The molecule has 0 spiro atoms. The molecule has 1 N–H and O–H groups in total. The van der Waals surface area contributed by atoms with Crippen LogP contribution in [0.25, 0.3) is 0 Å². The smallest absolute Gasteiger partial charge is 0.317 e. The van der Waals surface area contributed by atoms with E-state index in [1.165, 1.54) is 6.42 Å². The largest absolute Gasteiger partial charge is 0.341 e. The zero-order valence-corrected chi connectivity index (χ0v) is 15.0. The van der Waals surface area contributed by atoms with Gasteiger partial charge in [-0.2, -0.15) is 0 Å². The fourth-order valence-corrected chi connectivity index (χ4v) is 4.08. The molecule has 7 nitrogen and oxygen atoms in total. The maximum Gasteiger partial charge on any atom is 0.317 e. The van der Waals surface area contributed by atoms with Crippen molar-refractivity contribution >= 4 is 17.8 Å². The molecule has 0 aromatic rings. The van der Waals surface area contributed by atoms with Crippen molar-refractivity contribution in [3.05, 3.63) is 0 Å². The molecule has 7 heteroatoms. The Labute approximate surface area is 149 Å². The van der Waals surface area contributed by atoms with Crippen LogP contribution in [0.5, 0.6) is 0 Å². The lowest BCUT2D eigenvalue weighted by molar-refractivity contribution is -0.138. The second kappa shape index (κ2) is 8.54. The molecule has 4 amide bonds. The molecular formula is C18H30N4O3. The number of amides is 4. The first-order valence-electron chi connectivity index (χ1n) is 9.74. The van der Waals surface area contributed by atoms with E-state index in [4.69, 9.17) is 0 Å². The molecular weight excluding hydrogens is 320 g/mol. The number of piperazine rings is 1. The summed E-state index contributed by atoms with van der Waals surface area (Å²) in [5.41, 5.74) is 0. The molecule has 140 valence electrons. The second-order valence-corrected chi connectivity index (χ2v) is 7.39. The minimum Gasteiger partial charge on any atom is -0.341 e. The van der Waals surface area contributed by atoms with Crippen LogP contribution in [-0.2, 0) is 9.59 Å². The third kappa shape index (κ3) is 4.64. The lowest BCUT2D eigenvalue weighted by atomic mass is 9.88. The first-order valence-corrected chi connectivity index (χ1v) is 9.74. The zero-order valence-electron chi connectivity index (χ0n) is 15.0. The van der Waals surface area contributed by atoms with Crippen LogP contribution in [-0.4, -0.2) is 78.4 Å². The number of hydrogen-bond donors (Lipinski definition) is 1. The maximum atomic E-state index is 12.5. The van der Waals surface area contributed by atoms with E-state index < -0.39 is 0 Å². The van der Waals surface area contributed by atoms with Crippen LogP contribution in [0.4, 0.5) is 4.79 Å². The van der Waals surface area contributed by atoms with Crippen molar-refractivity contribution in [1.29, 1.82) is 0 Å². The van der Waals surface area contributed by atoms with E-state index in [1.807, 2.05) is 4.90 Å². The topological polar surface area (TPSA) is 73.0 Å². The Balaban J connectivity index is 1.38. The average molecular weight is 350 g/mol. The van der Waals surface area contributed by atoms with Crippen LogP contribution >= 0.6 is 0 Å². The van der Waals surface area contributed by atoms with Gasteiger partial charge in [-0.1, -0.05) is 19.3 Å². The fraction of sp³-hybridized carbons (Fsp3) is 0.833. The van der Waals surface area contributed by atoms with Crippen LogP contribution in [0.15, 0.2) is 0 Å². The number of hydrogen-bond acceptors (Lipinski definition) is 3. The van der Waals surface area contributed by atoms with Crippen molar-refractivity contribution in [3.63, 3.8) is 0 Å². The minimum atomic E-state index is -0.197. The molecule has 25 heavy (non-hydrogen) atoms. The van der Waals surface area contributed by atoms with Gasteiger partial charge in [-0.05, 0) is 25.7 Å². The molecule has 1 saturated carbocycles. The molecule has 1 aliphatic carbocycles. The lowest BCUT2D eigenvalue weighted by Crippen LogP contribution is -2.55. The summed E-state index contributed by atoms with van der Waals surface area (Å²) in [5, 5.41) is 2.73. The van der Waals surface area contributed by atoms with Crippen molar-refractivity contribution in [2.75, 3.05) is 45.8 Å². The van der Waals surface area contributed by atoms with E-state index in [1.54, 1.807) is 9.80 Å². The van der Waals surface area contributed by atoms with Crippen molar-refractivity contribution in [3.8, 4) is 0 Å². The Bertz CT molecular complexity index is 491. The number of urea groups is 1. The molecule has 2 heterocycles. The highest BCUT2D eigenvalue weighted by Crippen LogP contribution is 2.25. The van der Waals surface area contributed by atoms with E-state index in [9.17, 15) is 14.4 Å². The van der Waals surface area contributed by atoms with Gasteiger partial charge in [-0.15, -0.1) is 0 Å². The van der Waals surface area contributed by atoms with E-state index in [0.29, 0.717) is 26.2 Å². The van der Waals surface area contributed by atoms with Gasteiger partial charge in [-0.3, -0.25) is 9.59 Å². The number of carbonyl (C=O) groups excluding carboxylic acids is 3. The summed E-state index contributed by atoms with van der Waals surface area (Å²) in [7, 11) is 0.